The molecule has 11 nitrogen and oxygen atoms in total. The van der Waals surface area contributed by atoms with E-state index in [1.807, 2.05) is 19.1 Å². The van der Waals surface area contributed by atoms with Gasteiger partial charge in [0.05, 0.1) is 19.4 Å². The van der Waals surface area contributed by atoms with Gasteiger partial charge in [-0.2, -0.15) is 5.10 Å². The molecule has 0 bridgehead atoms. The van der Waals surface area contributed by atoms with E-state index in [1.54, 1.807) is 18.2 Å². The molecule has 1 aliphatic heterocycles. The molecule has 0 radical (unpaired) electrons. The number of benzene rings is 1. The lowest BCUT2D eigenvalue weighted by Gasteiger charge is -2.26. The van der Waals surface area contributed by atoms with E-state index in [0.29, 0.717) is 17.9 Å². The van der Waals surface area contributed by atoms with Crippen molar-refractivity contribution in [3.8, 4) is 0 Å². The van der Waals surface area contributed by atoms with Crippen LogP contribution in [0, 0.1) is 16.2 Å². The first-order valence-electron chi connectivity index (χ1n) is 11.7. The van der Waals surface area contributed by atoms with E-state index < -0.39 is 5.91 Å². The Balaban J connectivity index is 1.61. The van der Waals surface area contributed by atoms with Crippen molar-refractivity contribution in [1.82, 2.24) is 20.0 Å². The lowest BCUT2D eigenvalue weighted by Crippen LogP contribution is -2.38. The van der Waals surface area contributed by atoms with E-state index in [2.05, 4.69) is 20.3 Å². The van der Waals surface area contributed by atoms with Crippen LogP contribution in [0.25, 0.3) is 0 Å². The normalized spacial score (nSPS) is 14.6. The summed E-state index contributed by atoms with van der Waals surface area (Å²) in [5, 5.41) is 31.4. The van der Waals surface area contributed by atoms with Crippen molar-refractivity contribution in [2.24, 2.45) is 4.99 Å². The zero-order valence-corrected chi connectivity index (χ0v) is 20.6. The maximum atomic E-state index is 11.9. The number of ether oxygens (including phenoxy) is 2. The number of nitrogens with zero attached hydrogens (tertiary/aromatic N) is 4. The summed E-state index contributed by atoms with van der Waals surface area (Å²) < 4.78 is 12.3. The molecule has 0 unspecified atom stereocenters. The number of nitrogens with one attached hydrogen (secondary N) is 4. The Bertz CT molecular complexity index is 1210. The first-order valence-corrected chi connectivity index (χ1v) is 11.7. The number of carbonyl (C=O) groups is 1. The average Bonchev–Trinajstić information content (AvgIpc) is 2.90. The SMILES string of the molecule is C/C=C(\C=NC(=N)c1cccc(CC(=N)n2nc(C(=O)NC)ccc2=N)c1)OCCN1CCOCC1. The Hall–Kier alpha value is -3.96. The molecule has 0 atom stereocenters. The second-order valence-electron chi connectivity index (χ2n) is 8.02. The molecular weight excluding hydrogens is 460 g/mol. The average molecular weight is 493 g/mol. The van der Waals surface area contributed by atoms with Gasteiger partial charge in [0.25, 0.3) is 5.91 Å². The van der Waals surface area contributed by atoms with Gasteiger partial charge in [-0.05, 0) is 36.8 Å². The van der Waals surface area contributed by atoms with Crippen molar-refractivity contribution in [3.05, 3.63) is 70.5 Å². The minimum Gasteiger partial charge on any atom is -0.491 e. The van der Waals surface area contributed by atoms with E-state index in [4.69, 9.17) is 25.7 Å². The Morgan fingerprint density at radius 1 is 1.25 bits per heavy atom. The smallest absolute Gasteiger partial charge is 0.271 e. The molecule has 2 heterocycles. The predicted molar refractivity (Wildman–Crippen MR) is 137 cm³/mol. The van der Waals surface area contributed by atoms with E-state index >= 15 is 0 Å². The van der Waals surface area contributed by atoms with Crippen LogP contribution >= 0.6 is 0 Å². The van der Waals surface area contributed by atoms with Crippen LogP contribution in [0.5, 0.6) is 0 Å². The molecule has 0 spiro atoms. The number of rotatable bonds is 9. The Morgan fingerprint density at radius 2 is 2.03 bits per heavy atom. The summed E-state index contributed by atoms with van der Waals surface area (Å²) in [5.74, 6) is 0.290. The predicted octanol–water partition coefficient (Wildman–Crippen LogP) is 1.44. The molecule has 1 aromatic heterocycles. The second kappa shape index (κ2) is 13.2. The summed E-state index contributed by atoms with van der Waals surface area (Å²) in [7, 11) is 1.49. The summed E-state index contributed by atoms with van der Waals surface area (Å²) >= 11 is 0. The van der Waals surface area contributed by atoms with Gasteiger partial charge in [0.1, 0.15) is 29.4 Å². The molecule has 11 heteroatoms. The number of amidine groups is 1. The number of carbonyl (C=O) groups excluding carboxylic acids is 1. The van der Waals surface area contributed by atoms with Crippen molar-refractivity contribution < 1.29 is 14.3 Å². The highest BCUT2D eigenvalue weighted by molar-refractivity contribution is 6.03. The quantitative estimate of drug-likeness (QED) is 0.237. The van der Waals surface area contributed by atoms with Gasteiger partial charge in [0, 0.05) is 38.7 Å². The summed E-state index contributed by atoms with van der Waals surface area (Å²) in [5.41, 5.74) is 1.46. The topological polar surface area (TPSA) is 153 Å². The van der Waals surface area contributed by atoms with Crippen LogP contribution in [0.15, 0.2) is 53.2 Å². The molecule has 4 N–H and O–H groups in total. The minimum absolute atomic E-state index is 0.00588. The molecule has 3 rings (SSSR count). The van der Waals surface area contributed by atoms with Crippen LogP contribution in [0.4, 0.5) is 0 Å². The highest BCUT2D eigenvalue weighted by Crippen LogP contribution is 2.09. The number of aliphatic imine (C=N–C) groups is 1. The number of amides is 1. The van der Waals surface area contributed by atoms with Crippen molar-refractivity contribution in [3.63, 3.8) is 0 Å². The van der Waals surface area contributed by atoms with Gasteiger partial charge >= 0.3 is 0 Å². The summed E-state index contributed by atoms with van der Waals surface area (Å²) in [4.78, 5) is 18.4. The third kappa shape index (κ3) is 7.52. The molecular formula is C25H32N8O3. The van der Waals surface area contributed by atoms with E-state index in [0.717, 1.165) is 43.1 Å². The molecule has 1 aromatic carbocycles. The van der Waals surface area contributed by atoms with Crippen LogP contribution < -0.4 is 10.8 Å². The van der Waals surface area contributed by atoms with Crippen LogP contribution in [0.1, 0.15) is 28.5 Å². The molecule has 1 saturated heterocycles. The third-order valence-corrected chi connectivity index (χ3v) is 5.51. The highest BCUT2D eigenvalue weighted by atomic mass is 16.5. The van der Waals surface area contributed by atoms with Crippen LogP contribution in [0.3, 0.4) is 0 Å². The Labute approximate surface area is 210 Å². The van der Waals surface area contributed by atoms with E-state index in [-0.39, 0.29) is 29.3 Å². The van der Waals surface area contributed by atoms with Gasteiger partial charge in [-0.3, -0.25) is 25.9 Å². The molecule has 2 aromatic rings. The van der Waals surface area contributed by atoms with Crippen LogP contribution in [-0.4, -0.2) is 85.0 Å². The lowest BCUT2D eigenvalue weighted by atomic mass is 10.1. The minimum atomic E-state index is -0.393. The van der Waals surface area contributed by atoms with Gasteiger partial charge in [-0.1, -0.05) is 18.2 Å². The molecule has 1 fully saturated rings. The van der Waals surface area contributed by atoms with Crippen LogP contribution in [0.2, 0.25) is 0 Å². The fourth-order valence-electron chi connectivity index (χ4n) is 3.49. The highest BCUT2D eigenvalue weighted by Gasteiger charge is 2.12. The summed E-state index contributed by atoms with van der Waals surface area (Å²) in [6.45, 7) is 6.49. The Morgan fingerprint density at radius 3 is 2.75 bits per heavy atom. The summed E-state index contributed by atoms with van der Waals surface area (Å²) in [6, 6.07) is 10.0. The van der Waals surface area contributed by atoms with Gasteiger partial charge in [0.2, 0.25) is 0 Å². The van der Waals surface area contributed by atoms with Gasteiger partial charge < -0.3 is 14.8 Å². The zero-order valence-electron chi connectivity index (χ0n) is 20.6. The fourth-order valence-corrected chi connectivity index (χ4v) is 3.49. The fraction of sp³-hybridized carbons (Fsp3) is 0.360. The van der Waals surface area contributed by atoms with Crippen LogP contribution in [-0.2, 0) is 15.9 Å². The number of morpholine rings is 1. The first-order chi connectivity index (χ1) is 17.4. The largest absolute Gasteiger partial charge is 0.491 e. The first kappa shape index (κ1) is 26.6. The van der Waals surface area contributed by atoms with Crippen molar-refractivity contribution >= 4 is 23.8 Å². The van der Waals surface area contributed by atoms with E-state index in [9.17, 15) is 4.79 Å². The number of hydrogen-bond donors (Lipinski definition) is 4. The molecule has 1 aliphatic rings. The molecule has 1 amide bonds. The summed E-state index contributed by atoms with van der Waals surface area (Å²) in [6.07, 6.45) is 3.51. The third-order valence-electron chi connectivity index (χ3n) is 5.51. The zero-order chi connectivity index (χ0) is 25.9. The van der Waals surface area contributed by atoms with Gasteiger partial charge in [-0.25, -0.2) is 9.67 Å². The maximum Gasteiger partial charge on any atom is 0.271 e. The standard InChI is InChI=1S/C25H32N8O3/c1-3-20(36-14-11-32-9-12-35-13-10-32)17-30-24(28)19-6-4-5-18(15-19)16-23(27)33-22(26)8-7-21(31-33)25(34)29-2/h3-8,15,17,26-28H,9-14,16H2,1-2H3,(H,29,34)/b20-3+,26-22?,27-23?,28-24?,30-17?. The number of aromatic nitrogens is 2. The molecule has 190 valence electrons. The number of allylic oxidation sites excluding steroid dienone is 2. The van der Waals surface area contributed by atoms with Gasteiger partial charge in [-0.15, -0.1) is 0 Å². The van der Waals surface area contributed by atoms with Gasteiger partial charge in [0.15, 0.2) is 5.84 Å². The van der Waals surface area contributed by atoms with E-state index in [1.165, 1.54) is 25.4 Å². The monoisotopic (exact) mass is 492 g/mol. The second-order valence-corrected chi connectivity index (χ2v) is 8.02. The maximum absolute atomic E-state index is 11.9. The van der Waals surface area contributed by atoms with Crippen molar-refractivity contribution in [2.75, 3.05) is 46.5 Å². The van der Waals surface area contributed by atoms with Crippen molar-refractivity contribution in [2.45, 2.75) is 13.3 Å². The number of hydrogen-bond acceptors (Lipinski definition) is 8. The van der Waals surface area contributed by atoms with Crippen molar-refractivity contribution in [1.29, 1.82) is 16.2 Å². The molecule has 36 heavy (non-hydrogen) atoms. The lowest BCUT2D eigenvalue weighted by molar-refractivity contribution is 0.0285. The molecule has 0 saturated carbocycles. The molecule has 0 aliphatic carbocycles. The Kier molecular flexibility index (Phi) is 9.78.